The number of likely N-dealkylation sites (tertiary alicyclic amines) is 1. The molecule has 1 fully saturated rings. The second kappa shape index (κ2) is 7.21. The van der Waals surface area contributed by atoms with Gasteiger partial charge in [-0.15, -0.1) is 0 Å². The summed E-state index contributed by atoms with van der Waals surface area (Å²) < 4.78 is 0. The molecule has 2 N–H and O–H groups in total. The zero-order valence-corrected chi connectivity index (χ0v) is 12.7. The van der Waals surface area contributed by atoms with E-state index in [1.807, 2.05) is 7.05 Å². The van der Waals surface area contributed by atoms with Gasteiger partial charge in [0.2, 0.25) is 0 Å². The fraction of sp³-hybridized carbons (Fsp3) is 0.500. The van der Waals surface area contributed by atoms with Gasteiger partial charge in [-0.1, -0.05) is 11.8 Å². The summed E-state index contributed by atoms with van der Waals surface area (Å²) in [6.45, 7) is 2.11. The van der Waals surface area contributed by atoms with Gasteiger partial charge in [-0.2, -0.15) is 0 Å². The first-order chi connectivity index (χ1) is 10.1. The van der Waals surface area contributed by atoms with Crippen molar-refractivity contribution in [2.24, 2.45) is 5.73 Å². The molecule has 5 nitrogen and oxygen atoms in total. The summed E-state index contributed by atoms with van der Waals surface area (Å²) in [5.74, 6) is 5.68. The van der Waals surface area contributed by atoms with Crippen LogP contribution < -0.4 is 5.73 Å². The van der Waals surface area contributed by atoms with E-state index in [1.165, 1.54) is 6.42 Å². The number of hydrogen-bond donors (Lipinski definition) is 1. The highest BCUT2D eigenvalue weighted by Crippen LogP contribution is 2.17. The molecule has 1 amide bonds. The maximum absolute atomic E-state index is 12.6. The van der Waals surface area contributed by atoms with E-state index in [4.69, 9.17) is 5.73 Å². The molecule has 2 rings (SSSR count). The Kier molecular flexibility index (Phi) is 5.32. The van der Waals surface area contributed by atoms with Crippen LogP contribution in [0.5, 0.6) is 0 Å². The summed E-state index contributed by atoms with van der Waals surface area (Å²) in [6, 6.07) is 2.16. The van der Waals surface area contributed by atoms with Gasteiger partial charge >= 0.3 is 0 Å². The number of carbonyl (C=O) groups is 1. The van der Waals surface area contributed by atoms with E-state index in [9.17, 15) is 4.79 Å². The molecule has 1 atom stereocenters. The van der Waals surface area contributed by atoms with E-state index in [0.717, 1.165) is 19.5 Å². The minimum absolute atomic E-state index is 0.0148. The number of hydrogen-bond acceptors (Lipinski definition) is 4. The number of nitrogens with zero attached hydrogens (tertiary/aromatic N) is 3. The SMILES string of the molecule is CN(CC1CCCN1C)C(=O)c1ccncc1C#CCN. The molecule has 1 unspecified atom stereocenters. The maximum Gasteiger partial charge on any atom is 0.255 e. The first kappa shape index (κ1) is 15.5. The molecular formula is C16H22N4O. The molecule has 0 aliphatic carbocycles. The highest BCUT2D eigenvalue weighted by atomic mass is 16.2. The number of likely N-dealkylation sites (N-methyl/N-ethyl adjacent to an activating group) is 2. The van der Waals surface area contributed by atoms with E-state index < -0.39 is 0 Å². The van der Waals surface area contributed by atoms with E-state index in [-0.39, 0.29) is 12.5 Å². The van der Waals surface area contributed by atoms with Crippen LogP contribution in [0.2, 0.25) is 0 Å². The number of carbonyl (C=O) groups excluding carboxylic acids is 1. The van der Waals surface area contributed by atoms with Crippen molar-refractivity contribution in [3.05, 3.63) is 29.6 Å². The normalized spacial score (nSPS) is 18.1. The number of amides is 1. The van der Waals surface area contributed by atoms with Crippen molar-refractivity contribution >= 4 is 5.91 Å². The van der Waals surface area contributed by atoms with Gasteiger partial charge in [0.05, 0.1) is 17.7 Å². The topological polar surface area (TPSA) is 62.5 Å². The van der Waals surface area contributed by atoms with Crippen LogP contribution in [-0.2, 0) is 0 Å². The minimum Gasteiger partial charge on any atom is -0.340 e. The lowest BCUT2D eigenvalue weighted by molar-refractivity contribution is 0.0761. The molecular weight excluding hydrogens is 264 g/mol. The lowest BCUT2D eigenvalue weighted by Gasteiger charge is -2.26. The Bertz CT molecular complexity index is 561. The fourth-order valence-corrected chi connectivity index (χ4v) is 2.64. The summed E-state index contributed by atoms with van der Waals surface area (Å²) in [5.41, 5.74) is 6.62. The third kappa shape index (κ3) is 3.81. The van der Waals surface area contributed by atoms with Gasteiger partial charge in [-0.3, -0.25) is 9.78 Å². The van der Waals surface area contributed by atoms with Gasteiger partial charge in [0.15, 0.2) is 0 Å². The molecule has 1 saturated heterocycles. The van der Waals surface area contributed by atoms with Gasteiger partial charge in [0, 0.05) is 32.0 Å². The molecule has 0 bridgehead atoms. The molecule has 0 spiro atoms. The molecule has 1 aliphatic heterocycles. The Balaban J connectivity index is 2.12. The van der Waals surface area contributed by atoms with Crippen LogP contribution in [0.25, 0.3) is 0 Å². The molecule has 21 heavy (non-hydrogen) atoms. The average Bonchev–Trinajstić information content (AvgIpc) is 2.90. The van der Waals surface area contributed by atoms with Crippen LogP contribution >= 0.6 is 0 Å². The van der Waals surface area contributed by atoms with Crippen molar-refractivity contribution in [1.82, 2.24) is 14.8 Å². The lowest BCUT2D eigenvalue weighted by Crippen LogP contribution is -2.39. The van der Waals surface area contributed by atoms with Crippen molar-refractivity contribution in [3.8, 4) is 11.8 Å². The standard InChI is InChI=1S/C16H22N4O/c1-19-10-4-6-14(19)12-20(2)16(21)15-7-9-18-11-13(15)5-3-8-17/h7,9,11,14H,4,6,8,10,12,17H2,1-2H3. The van der Waals surface area contributed by atoms with Crippen LogP contribution in [0.1, 0.15) is 28.8 Å². The number of nitrogens with two attached hydrogens (primary N) is 1. The first-order valence-electron chi connectivity index (χ1n) is 7.22. The third-order valence-corrected chi connectivity index (χ3v) is 3.88. The summed E-state index contributed by atoms with van der Waals surface area (Å²) >= 11 is 0. The fourth-order valence-electron chi connectivity index (χ4n) is 2.64. The molecule has 0 saturated carbocycles. The van der Waals surface area contributed by atoms with E-state index >= 15 is 0 Å². The largest absolute Gasteiger partial charge is 0.340 e. The summed E-state index contributed by atoms with van der Waals surface area (Å²) in [6.07, 6.45) is 5.58. The van der Waals surface area contributed by atoms with Crippen LogP contribution in [0.15, 0.2) is 18.5 Å². The zero-order chi connectivity index (χ0) is 15.2. The van der Waals surface area contributed by atoms with Crippen molar-refractivity contribution in [1.29, 1.82) is 0 Å². The minimum atomic E-state index is -0.0148. The molecule has 1 aliphatic rings. The Hall–Kier alpha value is -1.90. The van der Waals surface area contributed by atoms with Crippen LogP contribution in [0.3, 0.4) is 0 Å². The second-order valence-electron chi connectivity index (χ2n) is 5.39. The number of aromatic nitrogens is 1. The second-order valence-corrected chi connectivity index (χ2v) is 5.39. The van der Waals surface area contributed by atoms with Crippen molar-refractivity contribution in [3.63, 3.8) is 0 Å². The van der Waals surface area contributed by atoms with Crippen molar-refractivity contribution < 1.29 is 4.79 Å². The highest BCUT2D eigenvalue weighted by Gasteiger charge is 2.24. The van der Waals surface area contributed by atoms with Crippen LogP contribution in [0, 0.1) is 11.8 Å². The molecule has 1 aromatic heterocycles. The highest BCUT2D eigenvalue weighted by molar-refractivity contribution is 5.96. The molecule has 0 aromatic carbocycles. The van der Waals surface area contributed by atoms with Crippen LogP contribution in [-0.4, -0.2) is 60.5 Å². The van der Waals surface area contributed by atoms with E-state index in [0.29, 0.717) is 17.2 Å². The van der Waals surface area contributed by atoms with Gasteiger partial charge in [-0.05, 0) is 32.5 Å². The van der Waals surface area contributed by atoms with Crippen LogP contribution in [0.4, 0.5) is 0 Å². The molecule has 0 radical (unpaired) electrons. The first-order valence-corrected chi connectivity index (χ1v) is 7.22. The Morgan fingerprint density at radius 1 is 1.62 bits per heavy atom. The monoisotopic (exact) mass is 286 g/mol. The maximum atomic E-state index is 12.6. The number of pyridine rings is 1. The van der Waals surface area contributed by atoms with E-state index in [2.05, 4.69) is 28.8 Å². The van der Waals surface area contributed by atoms with Gasteiger partial charge in [-0.25, -0.2) is 0 Å². The summed E-state index contributed by atoms with van der Waals surface area (Å²) in [5, 5.41) is 0. The van der Waals surface area contributed by atoms with E-state index in [1.54, 1.807) is 23.4 Å². The molecule has 5 heteroatoms. The van der Waals surface area contributed by atoms with Gasteiger partial charge in [0.25, 0.3) is 5.91 Å². The third-order valence-electron chi connectivity index (χ3n) is 3.88. The summed E-state index contributed by atoms with van der Waals surface area (Å²) in [4.78, 5) is 20.7. The molecule has 2 heterocycles. The van der Waals surface area contributed by atoms with Gasteiger partial charge < -0.3 is 15.5 Å². The van der Waals surface area contributed by atoms with Crippen molar-refractivity contribution in [2.75, 3.05) is 33.7 Å². The molecule has 112 valence electrons. The Morgan fingerprint density at radius 2 is 2.43 bits per heavy atom. The zero-order valence-electron chi connectivity index (χ0n) is 12.7. The predicted octanol–water partition coefficient (Wildman–Crippen LogP) is 0.558. The summed E-state index contributed by atoms with van der Waals surface area (Å²) in [7, 11) is 3.95. The lowest BCUT2D eigenvalue weighted by atomic mass is 10.1. The average molecular weight is 286 g/mol. The Morgan fingerprint density at radius 3 is 3.10 bits per heavy atom. The molecule has 1 aromatic rings. The van der Waals surface area contributed by atoms with Crippen molar-refractivity contribution in [2.45, 2.75) is 18.9 Å². The smallest absolute Gasteiger partial charge is 0.255 e. The predicted molar refractivity (Wildman–Crippen MR) is 82.8 cm³/mol. The Labute approximate surface area is 126 Å². The number of rotatable bonds is 3. The van der Waals surface area contributed by atoms with Gasteiger partial charge in [0.1, 0.15) is 0 Å². The quantitative estimate of drug-likeness (QED) is 0.825.